The first kappa shape index (κ1) is 17.1. The summed E-state index contributed by atoms with van der Waals surface area (Å²) < 4.78 is 0. The van der Waals surface area contributed by atoms with Gasteiger partial charge >= 0.3 is 0 Å². The third-order valence-electron chi connectivity index (χ3n) is 5.92. The van der Waals surface area contributed by atoms with Gasteiger partial charge in [-0.05, 0) is 72.6 Å². The highest BCUT2D eigenvalue weighted by Crippen LogP contribution is 2.33. The van der Waals surface area contributed by atoms with Gasteiger partial charge in [-0.15, -0.1) is 0 Å². The van der Waals surface area contributed by atoms with Crippen molar-refractivity contribution < 1.29 is 0 Å². The van der Waals surface area contributed by atoms with Gasteiger partial charge in [-0.1, -0.05) is 84.9 Å². The molecule has 0 heteroatoms. The Balaban J connectivity index is 1.29. The molecule has 0 bridgehead atoms. The lowest BCUT2D eigenvalue weighted by Crippen LogP contribution is -2.18. The van der Waals surface area contributed by atoms with Gasteiger partial charge in [-0.2, -0.15) is 0 Å². The second-order valence-electron chi connectivity index (χ2n) is 7.84. The molecule has 3 aromatic rings. The maximum Gasteiger partial charge on any atom is -0.0184 e. The average Bonchev–Trinajstić information content (AvgIpc) is 2.72. The van der Waals surface area contributed by atoms with E-state index in [1.165, 1.54) is 60.8 Å². The minimum Gasteiger partial charge on any atom is -0.0622 e. The highest BCUT2D eigenvalue weighted by atomic mass is 14.3. The van der Waals surface area contributed by atoms with Gasteiger partial charge in [-0.25, -0.2) is 0 Å². The predicted octanol–water partition coefficient (Wildman–Crippen LogP) is 6.95. The molecule has 0 amide bonds. The summed E-state index contributed by atoms with van der Waals surface area (Å²) in [6.45, 7) is 0. The minimum absolute atomic E-state index is 0.865. The summed E-state index contributed by atoms with van der Waals surface area (Å²) in [6.07, 6.45) is 8.06. The Labute approximate surface area is 157 Å². The normalized spacial score (nSPS) is 20.0. The van der Waals surface area contributed by atoms with E-state index in [0.717, 1.165) is 11.8 Å². The third kappa shape index (κ3) is 4.43. The molecule has 26 heavy (non-hydrogen) atoms. The van der Waals surface area contributed by atoms with Crippen molar-refractivity contribution in [2.24, 2.45) is 11.8 Å². The number of hydrogen-bond acceptors (Lipinski definition) is 0. The Morgan fingerprint density at radius 1 is 0.462 bits per heavy atom. The third-order valence-corrected chi connectivity index (χ3v) is 5.92. The molecule has 0 N–H and O–H groups in total. The molecule has 0 unspecified atom stereocenters. The molecule has 0 atom stereocenters. The molecule has 0 radical (unpaired) electrons. The van der Waals surface area contributed by atoms with Crippen molar-refractivity contribution in [1.29, 1.82) is 0 Å². The molecule has 1 aliphatic rings. The molecule has 3 aromatic carbocycles. The summed E-state index contributed by atoms with van der Waals surface area (Å²) in [5.41, 5.74) is 5.63. The zero-order valence-corrected chi connectivity index (χ0v) is 15.5. The van der Waals surface area contributed by atoms with Crippen LogP contribution in [-0.2, 0) is 12.8 Å². The van der Waals surface area contributed by atoms with Gasteiger partial charge in [-0.3, -0.25) is 0 Å². The molecular weight excluding hydrogens is 312 g/mol. The van der Waals surface area contributed by atoms with Gasteiger partial charge in [0.1, 0.15) is 0 Å². The quantitative estimate of drug-likeness (QED) is 0.471. The van der Waals surface area contributed by atoms with E-state index in [1.54, 1.807) is 0 Å². The number of rotatable bonds is 5. The fourth-order valence-corrected chi connectivity index (χ4v) is 4.38. The lowest BCUT2D eigenvalue weighted by Gasteiger charge is -2.28. The maximum atomic E-state index is 2.33. The van der Waals surface area contributed by atoms with Crippen molar-refractivity contribution in [1.82, 2.24) is 0 Å². The summed E-state index contributed by atoms with van der Waals surface area (Å²) in [7, 11) is 0. The molecule has 132 valence electrons. The van der Waals surface area contributed by atoms with Crippen LogP contribution in [0.2, 0.25) is 0 Å². The zero-order valence-electron chi connectivity index (χ0n) is 15.5. The van der Waals surface area contributed by atoms with Crippen LogP contribution in [0, 0.1) is 11.8 Å². The summed E-state index contributed by atoms with van der Waals surface area (Å²) in [4.78, 5) is 0. The molecule has 0 aliphatic heterocycles. The van der Waals surface area contributed by atoms with Crippen molar-refractivity contribution in [3.05, 3.63) is 96.1 Å². The van der Waals surface area contributed by atoms with Gasteiger partial charge in [0.05, 0.1) is 0 Å². The van der Waals surface area contributed by atoms with E-state index in [2.05, 4.69) is 84.9 Å². The Hall–Kier alpha value is -2.34. The fraction of sp³-hybridized carbons (Fsp3) is 0.308. The first-order chi connectivity index (χ1) is 12.9. The Morgan fingerprint density at radius 3 is 1.42 bits per heavy atom. The molecule has 1 aliphatic carbocycles. The molecule has 0 heterocycles. The van der Waals surface area contributed by atoms with Crippen LogP contribution in [0.15, 0.2) is 84.9 Å². The second kappa shape index (κ2) is 8.36. The van der Waals surface area contributed by atoms with E-state index in [0.29, 0.717) is 0 Å². The predicted molar refractivity (Wildman–Crippen MR) is 111 cm³/mol. The zero-order chi connectivity index (χ0) is 17.6. The van der Waals surface area contributed by atoms with Crippen molar-refractivity contribution in [2.45, 2.75) is 38.5 Å². The van der Waals surface area contributed by atoms with Gasteiger partial charge in [0.15, 0.2) is 0 Å². The molecule has 0 nitrogen and oxygen atoms in total. The van der Waals surface area contributed by atoms with Crippen LogP contribution >= 0.6 is 0 Å². The fourth-order valence-electron chi connectivity index (χ4n) is 4.38. The summed E-state index contributed by atoms with van der Waals surface area (Å²) >= 11 is 0. The van der Waals surface area contributed by atoms with Gasteiger partial charge < -0.3 is 0 Å². The molecule has 0 saturated heterocycles. The van der Waals surface area contributed by atoms with E-state index in [1.807, 2.05) is 0 Å². The minimum atomic E-state index is 0.865. The Kier molecular flexibility index (Phi) is 5.50. The molecule has 1 fully saturated rings. The van der Waals surface area contributed by atoms with Crippen LogP contribution in [0.4, 0.5) is 0 Å². The van der Waals surface area contributed by atoms with E-state index in [4.69, 9.17) is 0 Å². The Morgan fingerprint density at radius 2 is 0.885 bits per heavy atom. The molecule has 1 saturated carbocycles. The van der Waals surface area contributed by atoms with Crippen LogP contribution in [-0.4, -0.2) is 0 Å². The lowest BCUT2D eigenvalue weighted by atomic mass is 9.77. The number of hydrogen-bond donors (Lipinski definition) is 0. The SMILES string of the molecule is c1ccc(CC2CCC(Cc3ccc(-c4ccccc4)cc3)CC2)cc1. The number of benzene rings is 3. The van der Waals surface area contributed by atoms with E-state index in [9.17, 15) is 0 Å². The lowest BCUT2D eigenvalue weighted by molar-refractivity contribution is 0.272. The molecule has 4 rings (SSSR count). The largest absolute Gasteiger partial charge is 0.0622 e. The summed E-state index contributed by atoms with van der Waals surface area (Å²) in [5.74, 6) is 1.75. The van der Waals surface area contributed by atoms with Crippen molar-refractivity contribution >= 4 is 0 Å². The van der Waals surface area contributed by atoms with Crippen LogP contribution in [0.3, 0.4) is 0 Å². The monoisotopic (exact) mass is 340 g/mol. The van der Waals surface area contributed by atoms with Gasteiger partial charge in [0.25, 0.3) is 0 Å². The molecule has 0 aromatic heterocycles. The van der Waals surface area contributed by atoms with Crippen molar-refractivity contribution in [3.8, 4) is 11.1 Å². The summed E-state index contributed by atoms with van der Waals surface area (Å²) in [6, 6.07) is 30.9. The van der Waals surface area contributed by atoms with E-state index < -0.39 is 0 Å². The van der Waals surface area contributed by atoms with Crippen LogP contribution in [0.1, 0.15) is 36.8 Å². The first-order valence-corrected chi connectivity index (χ1v) is 10.0. The van der Waals surface area contributed by atoms with Crippen LogP contribution in [0.25, 0.3) is 11.1 Å². The van der Waals surface area contributed by atoms with Gasteiger partial charge in [0, 0.05) is 0 Å². The van der Waals surface area contributed by atoms with Crippen molar-refractivity contribution in [3.63, 3.8) is 0 Å². The van der Waals surface area contributed by atoms with E-state index >= 15 is 0 Å². The highest BCUT2D eigenvalue weighted by Gasteiger charge is 2.21. The standard InChI is InChI=1S/C26H28/c1-3-7-21(8-4-1)19-22-11-13-23(14-12-22)20-24-15-17-26(18-16-24)25-9-5-2-6-10-25/h1-10,15-18,22-23H,11-14,19-20H2. The second-order valence-corrected chi connectivity index (χ2v) is 7.84. The topological polar surface area (TPSA) is 0 Å². The maximum absolute atomic E-state index is 2.33. The van der Waals surface area contributed by atoms with E-state index in [-0.39, 0.29) is 0 Å². The van der Waals surface area contributed by atoms with Crippen molar-refractivity contribution in [2.75, 3.05) is 0 Å². The Bertz CT molecular complexity index is 778. The molecule has 0 spiro atoms. The first-order valence-electron chi connectivity index (χ1n) is 10.0. The summed E-state index contributed by atoms with van der Waals surface area (Å²) in [5, 5.41) is 0. The average molecular weight is 341 g/mol. The smallest absolute Gasteiger partial charge is 0.0184 e. The highest BCUT2D eigenvalue weighted by molar-refractivity contribution is 5.63. The van der Waals surface area contributed by atoms with Crippen LogP contribution < -0.4 is 0 Å². The molecular formula is C26H28. The van der Waals surface area contributed by atoms with Gasteiger partial charge in [0.2, 0.25) is 0 Å². The van der Waals surface area contributed by atoms with Crippen LogP contribution in [0.5, 0.6) is 0 Å².